The first-order valence-corrected chi connectivity index (χ1v) is 9.09. The predicted octanol–water partition coefficient (Wildman–Crippen LogP) is 1.90. The average Bonchev–Trinajstić information content (AvgIpc) is 3.20. The molecular weight excluding hydrogens is 344 g/mol. The molecule has 1 saturated heterocycles. The van der Waals surface area contributed by atoms with E-state index < -0.39 is 0 Å². The van der Waals surface area contributed by atoms with Gasteiger partial charge in [-0.15, -0.1) is 0 Å². The van der Waals surface area contributed by atoms with Crippen molar-refractivity contribution in [1.82, 2.24) is 10.3 Å². The number of ether oxygens (including phenoxy) is 3. The van der Waals surface area contributed by atoms with Gasteiger partial charge in [0.2, 0.25) is 5.88 Å². The molecule has 1 fully saturated rings. The van der Waals surface area contributed by atoms with E-state index in [-0.39, 0.29) is 6.10 Å². The van der Waals surface area contributed by atoms with Crippen molar-refractivity contribution in [2.45, 2.75) is 25.5 Å². The molecule has 1 aromatic carbocycles. The van der Waals surface area contributed by atoms with E-state index >= 15 is 0 Å². The Bertz CT molecular complexity index is 743. The van der Waals surface area contributed by atoms with Gasteiger partial charge in [0.25, 0.3) is 0 Å². The molecule has 2 heterocycles. The Labute approximate surface area is 159 Å². The fourth-order valence-corrected chi connectivity index (χ4v) is 2.75. The third-order valence-electron chi connectivity index (χ3n) is 4.29. The van der Waals surface area contributed by atoms with Gasteiger partial charge in [-0.2, -0.15) is 0 Å². The van der Waals surface area contributed by atoms with Gasteiger partial charge in [0, 0.05) is 25.2 Å². The monoisotopic (exact) mass is 370 g/mol. The normalized spacial score (nSPS) is 16.9. The lowest BCUT2D eigenvalue weighted by molar-refractivity contribution is 0.138. The number of pyridine rings is 1. The molecule has 0 saturated carbocycles. The van der Waals surface area contributed by atoms with Crippen LogP contribution in [-0.2, 0) is 17.7 Å². The summed E-state index contributed by atoms with van der Waals surface area (Å²) in [4.78, 5) is 8.62. The number of methoxy groups -OCH3 is 1. The number of nitrogens with two attached hydrogens (primary N) is 1. The second-order valence-corrected chi connectivity index (χ2v) is 6.33. The Kier molecular flexibility index (Phi) is 6.87. The zero-order chi connectivity index (χ0) is 18.9. The van der Waals surface area contributed by atoms with Crippen molar-refractivity contribution in [3.8, 4) is 11.6 Å². The van der Waals surface area contributed by atoms with Crippen molar-refractivity contribution in [3.63, 3.8) is 0 Å². The quantitative estimate of drug-likeness (QED) is 0.545. The molecule has 2 aromatic rings. The maximum Gasteiger partial charge on any atom is 0.213 e. The zero-order valence-corrected chi connectivity index (χ0v) is 15.6. The molecule has 144 valence electrons. The third-order valence-corrected chi connectivity index (χ3v) is 4.29. The molecule has 7 nitrogen and oxygen atoms in total. The molecule has 1 atom stereocenters. The number of rotatable bonds is 8. The topological polar surface area (TPSA) is 91.0 Å². The van der Waals surface area contributed by atoms with E-state index in [1.807, 2.05) is 36.4 Å². The first-order chi connectivity index (χ1) is 13.2. The number of aromatic nitrogens is 1. The van der Waals surface area contributed by atoms with Crippen LogP contribution in [0, 0.1) is 0 Å². The van der Waals surface area contributed by atoms with Gasteiger partial charge in [-0.3, -0.25) is 0 Å². The molecule has 3 rings (SSSR count). The largest absolute Gasteiger partial charge is 0.497 e. The number of guanidine groups is 1. The Morgan fingerprint density at radius 1 is 1.30 bits per heavy atom. The molecule has 3 N–H and O–H groups in total. The van der Waals surface area contributed by atoms with Crippen molar-refractivity contribution in [1.29, 1.82) is 0 Å². The fraction of sp³-hybridized carbons (Fsp3) is 0.400. The van der Waals surface area contributed by atoms with Crippen LogP contribution < -0.4 is 20.5 Å². The Hall–Kier alpha value is -2.80. The van der Waals surface area contributed by atoms with E-state index in [4.69, 9.17) is 19.9 Å². The van der Waals surface area contributed by atoms with Crippen LogP contribution in [0.5, 0.6) is 11.6 Å². The van der Waals surface area contributed by atoms with Gasteiger partial charge in [0.05, 0.1) is 26.9 Å². The second kappa shape index (κ2) is 9.78. The van der Waals surface area contributed by atoms with Crippen LogP contribution in [0.4, 0.5) is 0 Å². The lowest BCUT2D eigenvalue weighted by atomic mass is 10.1. The van der Waals surface area contributed by atoms with E-state index in [0.717, 1.165) is 30.8 Å². The van der Waals surface area contributed by atoms with E-state index in [1.54, 1.807) is 13.3 Å². The van der Waals surface area contributed by atoms with Crippen molar-refractivity contribution < 1.29 is 14.2 Å². The summed E-state index contributed by atoms with van der Waals surface area (Å²) in [6.07, 6.45) is 3.57. The summed E-state index contributed by atoms with van der Waals surface area (Å²) in [5.74, 6) is 1.88. The minimum Gasteiger partial charge on any atom is -0.497 e. The highest BCUT2D eigenvalue weighted by Gasteiger charge is 2.17. The number of hydrogen-bond donors (Lipinski definition) is 2. The van der Waals surface area contributed by atoms with Gasteiger partial charge in [0.15, 0.2) is 5.96 Å². The SMILES string of the molecule is COc1ccc(CCNC(N)=NCc2ccnc(OC3CCOC3)c2)cc1. The number of nitrogens with zero attached hydrogens (tertiary/aromatic N) is 2. The zero-order valence-electron chi connectivity index (χ0n) is 15.6. The fourth-order valence-electron chi connectivity index (χ4n) is 2.75. The van der Waals surface area contributed by atoms with E-state index in [9.17, 15) is 0 Å². The van der Waals surface area contributed by atoms with Gasteiger partial charge >= 0.3 is 0 Å². The van der Waals surface area contributed by atoms with Gasteiger partial charge in [-0.05, 0) is 35.7 Å². The van der Waals surface area contributed by atoms with Crippen LogP contribution in [0.25, 0.3) is 0 Å². The van der Waals surface area contributed by atoms with E-state index in [1.165, 1.54) is 5.56 Å². The average molecular weight is 370 g/mol. The molecule has 1 aromatic heterocycles. The highest BCUT2D eigenvalue weighted by atomic mass is 16.5. The molecule has 0 radical (unpaired) electrons. The highest BCUT2D eigenvalue weighted by Crippen LogP contribution is 2.16. The summed E-state index contributed by atoms with van der Waals surface area (Å²) >= 11 is 0. The summed E-state index contributed by atoms with van der Waals surface area (Å²) in [7, 11) is 1.66. The second-order valence-electron chi connectivity index (χ2n) is 6.33. The smallest absolute Gasteiger partial charge is 0.213 e. The first-order valence-electron chi connectivity index (χ1n) is 9.09. The number of aliphatic imine (C=N–C) groups is 1. The molecule has 0 bridgehead atoms. The van der Waals surface area contributed by atoms with Crippen LogP contribution in [0.15, 0.2) is 47.6 Å². The van der Waals surface area contributed by atoms with Crippen LogP contribution >= 0.6 is 0 Å². The molecule has 1 unspecified atom stereocenters. The maximum atomic E-state index is 5.96. The summed E-state index contributed by atoms with van der Waals surface area (Å²) in [5.41, 5.74) is 8.17. The molecule has 0 aliphatic carbocycles. The lowest BCUT2D eigenvalue weighted by Crippen LogP contribution is -2.33. The Morgan fingerprint density at radius 2 is 2.15 bits per heavy atom. The summed E-state index contributed by atoms with van der Waals surface area (Å²) in [6.45, 7) is 2.55. The van der Waals surface area contributed by atoms with Crippen LogP contribution in [0.1, 0.15) is 17.5 Å². The number of nitrogens with one attached hydrogen (secondary N) is 1. The Morgan fingerprint density at radius 3 is 2.89 bits per heavy atom. The molecule has 1 aliphatic rings. The van der Waals surface area contributed by atoms with Crippen molar-refractivity contribution in [2.24, 2.45) is 10.7 Å². The summed E-state index contributed by atoms with van der Waals surface area (Å²) < 4.78 is 16.3. The minimum atomic E-state index is 0.0842. The molecule has 7 heteroatoms. The lowest BCUT2D eigenvalue weighted by Gasteiger charge is -2.11. The van der Waals surface area contributed by atoms with Crippen molar-refractivity contribution in [3.05, 3.63) is 53.7 Å². The third kappa shape index (κ3) is 6.14. The highest BCUT2D eigenvalue weighted by molar-refractivity contribution is 5.77. The van der Waals surface area contributed by atoms with Crippen LogP contribution in [-0.4, -0.2) is 43.9 Å². The number of benzene rings is 1. The van der Waals surface area contributed by atoms with Crippen molar-refractivity contribution >= 4 is 5.96 Å². The van der Waals surface area contributed by atoms with Gasteiger partial charge in [0.1, 0.15) is 11.9 Å². The van der Waals surface area contributed by atoms with Crippen LogP contribution in [0.3, 0.4) is 0 Å². The molecule has 1 aliphatic heterocycles. The van der Waals surface area contributed by atoms with Gasteiger partial charge in [-0.1, -0.05) is 12.1 Å². The summed E-state index contributed by atoms with van der Waals surface area (Å²) in [6, 6.07) is 11.8. The van der Waals surface area contributed by atoms with Crippen LogP contribution in [0.2, 0.25) is 0 Å². The maximum absolute atomic E-state index is 5.96. The minimum absolute atomic E-state index is 0.0842. The standard InChI is InChI=1S/C20H26N4O3/c1-25-17-4-2-15(3-5-17)6-10-23-20(21)24-13-16-7-9-22-19(12-16)27-18-8-11-26-14-18/h2-5,7,9,12,18H,6,8,10-11,13-14H2,1H3,(H3,21,23,24). The van der Waals surface area contributed by atoms with Crippen molar-refractivity contribution in [2.75, 3.05) is 26.9 Å². The molecule has 0 spiro atoms. The van der Waals surface area contributed by atoms with E-state index in [2.05, 4.69) is 15.3 Å². The molecule has 0 amide bonds. The summed E-state index contributed by atoms with van der Waals surface area (Å²) in [5, 5.41) is 3.14. The number of hydrogen-bond acceptors (Lipinski definition) is 5. The Balaban J connectivity index is 1.43. The predicted molar refractivity (Wildman–Crippen MR) is 104 cm³/mol. The molecule has 27 heavy (non-hydrogen) atoms. The van der Waals surface area contributed by atoms with Gasteiger partial charge < -0.3 is 25.3 Å². The molecular formula is C20H26N4O3. The first kappa shape index (κ1) is 19.0. The van der Waals surface area contributed by atoms with E-state index in [0.29, 0.717) is 31.5 Å². The van der Waals surface area contributed by atoms with Gasteiger partial charge in [-0.25, -0.2) is 9.98 Å².